The fraction of sp³-hybridized carbons (Fsp3) is 0.280. The zero-order valence-electron chi connectivity index (χ0n) is 18.6. The van der Waals surface area contributed by atoms with E-state index in [1.165, 1.54) is 6.07 Å². The fourth-order valence-electron chi connectivity index (χ4n) is 4.14. The van der Waals surface area contributed by atoms with Gasteiger partial charge in [0.25, 0.3) is 5.91 Å². The van der Waals surface area contributed by atoms with Gasteiger partial charge in [0, 0.05) is 51.2 Å². The largest absolute Gasteiger partial charge is 0.496 e. The van der Waals surface area contributed by atoms with Gasteiger partial charge in [0.2, 0.25) is 0 Å². The molecule has 3 aromatic rings. The zero-order valence-corrected chi connectivity index (χ0v) is 20.2. The van der Waals surface area contributed by atoms with E-state index in [2.05, 4.69) is 5.32 Å². The van der Waals surface area contributed by atoms with Crippen LogP contribution in [0.4, 0.5) is 0 Å². The van der Waals surface area contributed by atoms with Gasteiger partial charge in [-0.15, -0.1) is 11.8 Å². The monoisotopic (exact) mass is 484 g/mol. The first-order valence-corrected chi connectivity index (χ1v) is 11.9. The summed E-state index contributed by atoms with van der Waals surface area (Å²) < 4.78 is 7.58. The van der Waals surface area contributed by atoms with Gasteiger partial charge in [-0.05, 0) is 38.1 Å². The van der Waals surface area contributed by atoms with Gasteiger partial charge in [-0.25, -0.2) is 0 Å². The lowest BCUT2D eigenvalue weighted by atomic mass is 10.0. The van der Waals surface area contributed by atoms with Crippen LogP contribution in [0.5, 0.6) is 5.75 Å². The standard InChI is InChI=1S/C25H25ClN2O4S/c1-14-10-20(30)24(25(31)27-13-15(2)29)19-12-22(17-6-4-5-7-21(17)32-3)33-23-11-16(26)8-9-18(23)28(14)19/h4-11,15,22,29H,12-13H2,1-3H3,(H,27,31). The van der Waals surface area contributed by atoms with E-state index in [1.807, 2.05) is 47.9 Å². The van der Waals surface area contributed by atoms with Crippen molar-refractivity contribution in [3.63, 3.8) is 0 Å². The van der Waals surface area contributed by atoms with Crippen LogP contribution in [-0.4, -0.2) is 35.3 Å². The predicted molar refractivity (Wildman–Crippen MR) is 131 cm³/mol. The molecule has 6 nitrogen and oxygen atoms in total. The summed E-state index contributed by atoms with van der Waals surface area (Å²) in [6, 6.07) is 14.9. The maximum absolute atomic E-state index is 13.1. The summed E-state index contributed by atoms with van der Waals surface area (Å²) in [7, 11) is 1.63. The van der Waals surface area contributed by atoms with Gasteiger partial charge in [-0.2, -0.15) is 0 Å². The number of aryl methyl sites for hydroxylation is 1. The summed E-state index contributed by atoms with van der Waals surface area (Å²) in [4.78, 5) is 27.1. The Kier molecular flexibility index (Phi) is 6.83. The maximum atomic E-state index is 13.1. The molecule has 1 aliphatic rings. The number of benzene rings is 2. The van der Waals surface area contributed by atoms with Gasteiger partial charge in [0.05, 0.1) is 18.9 Å². The van der Waals surface area contributed by atoms with E-state index in [0.29, 0.717) is 17.1 Å². The van der Waals surface area contributed by atoms with Crippen molar-refractivity contribution >= 4 is 29.3 Å². The van der Waals surface area contributed by atoms with Crippen molar-refractivity contribution in [1.82, 2.24) is 9.88 Å². The number of carbonyl (C=O) groups excluding carboxylic acids is 1. The molecule has 0 saturated heterocycles. The number of aliphatic hydroxyl groups is 1. The van der Waals surface area contributed by atoms with Crippen molar-refractivity contribution in [2.45, 2.75) is 36.5 Å². The summed E-state index contributed by atoms with van der Waals surface area (Å²) in [6.07, 6.45) is -0.299. The van der Waals surface area contributed by atoms with Crippen LogP contribution in [-0.2, 0) is 6.42 Å². The molecule has 0 aliphatic carbocycles. The normalized spacial score (nSPS) is 15.7. The first-order valence-electron chi connectivity index (χ1n) is 10.6. The quantitative estimate of drug-likeness (QED) is 0.564. The number of thioether (sulfide) groups is 1. The highest BCUT2D eigenvalue weighted by atomic mass is 35.5. The van der Waals surface area contributed by atoms with Crippen LogP contribution in [0, 0.1) is 6.92 Å². The molecule has 33 heavy (non-hydrogen) atoms. The molecule has 0 fully saturated rings. The number of para-hydroxylation sites is 1. The average molecular weight is 485 g/mol. The molecule has 1 aliphatic heterocycles. The lowest BCUT2D eigenvalue weighted by Gasteiger charge is -2.21. The van der Waals surface area contributed by atoms with Crippen LogP contribution in [0.15, 0.2) is 58.2 Å². The summed E-state index contributed by atoms with van der Waals surface area (Å²) in [5.41, 5.74) is 2.92. The lowest BCUT2D eigenvalue weighted by molar-refractivity contribution is 0.0921. The summed E-state index contributed by atoms with van der Waals surface area (Å²) in [6.45, 7) is 3.49. The Balaban J connectivity index is 1.97. The molecular weight excluding hydrogens is 460 g/mol. The molecule has 8 heteroatoms. The van der Waals surface area contributed by atoms with Crippen molar-refractivity contribution < 1.29 is 14.6 Å². The van der Waals surface area contributed by atoms with Gasteiger partial charge < -0.3 is 19.7 Å². The first kappa shape index (κ1) is 23.4. The molecule has 1 amide bonds. The van der Waals surface area contributed by atoms with Crippen LogP contribution in [0.25, 0.3) is 5.69 Å². The predicted octanol–water partition coefficient (Wildman–Crippen LogP) is 4.31. The van der Waals surface area contributed by atoms with Gasteiger partial charge >= 0.3 is 0 Å². The number of carbonyl (C=O) groups is 1. The van der Waals surface area contributed by atoms with E-state index in [1.54, 1.807) is 31.9 Å². The molecule has 2 unspecified atom stereocenters. The van der Waals surface area contributed by atoms with Crippen LogP contribution < -0.4 is 15.5 Å². The Morgan fingerprint density at radius 3 is 2.79 bits per heavy atom. The topological polar surface area (TPSA) is 80.6 Å². The van der Waals surface area contributed by atoms with E-state index in [0.717, 1.165) is 27.6 Å². The molecule has 0 saturated carbocycles. The molecule has 2 N–H and O–H groups in total. The highest BCUT2D eigenvalue weighted by molar-refractivity contribution is 7.99. The number of halogens is 1. The van der Waals surface area contributed by atoms with Crippen LogP contribution >= 0.6 is 23.4 Å². The molecule has 0 bridgehead atoms. The summed E-state index contributed by atoms with van der Waals surface area (Å²) in [5.74, 6) is 0.243. The minimum absolute atomic E-state index is 0.0580. The van der Waals surface area contributed by atoms with Gasteiger partial charge in [0.1, 0.15) is 11.3 Å². The Morgan fingerprint density at radius 2 is 2.06 bits per heavy atom. The maximum Gasteiger partial charge on any atom is 0.257 e. The first-order chi connectivity index (χ1) is 15.8. The number of methoxy groups -OCH3 is 1. The molecule has 4 rings (SSSR count). The van der Waals surface area contributed by atoms with E-state index in [9.17, 15) is 14.7 Å². The third kappa shape index (κ3) is 4.67. The number of ether oxygens (including phenoxy) is 1. The molecule has 0 radical (unpaired) electrons. The molecule has 2 heterocycles. The highest BCUT2D eigenvalue weighted by Crippen LogP contribution is 2.47. The Morgan fingerprint density at radius 1 is 1.30 bits per heavy atom. The number of pyridine rings is 1. The summed E-state index contributed by atoms with van der Waals surface area (Å²) >= 11 is 7.97. The number of amides is 1. The van der Waals surface area contributed by atoms with Crippen LogP contribution in [0.1, 0.15) is 39.5 Å². The number of hydrogen-bond donors (Lipinski definition) is 2. The van der Waals surface area contributed by atoms with Gasteiger partial charge in [0.15, 0.2) is 5.43 Å². The lowest BCUT2D eigenvalue weighted by Crippen LogP contribution is -2.36. The second kappa shape index (κ2) is 9.63. The number of aromatic nitrogens is 1. The van der Waals surface area contributed by atoms with E-state index in [4.69, 9.17) is 16.3 Å². The van der Waals surface area contributed by atoms with E-state index < -0.39 is 12.0 Å². The molecule has 2 aromatic carbocycles. The minimum Gasteiger partial charge on any atom is -0.496 e. The van der Waals surface area contributed by atoms with Crippen molar-refractivity contribution in [1.29, 1.82) is 0 Å². The Labute approximate surface area is 201 Å². The SMILES string of the molecule is COc1ccccc1C1Cc2c(C(=O)NCC(C)O)c(=O)cc(C)n2-c2ccc(Cl)cc2S1. The number of fused-ring (bicyclic) bond motifs is 3. The van der Waals surface area contributed by atoms with E-state index in [-0.39, 0.29) is 22.8 Å². The second-order valence-corrected chi connectivity index (χ2v) is 9.71. The minimum atomic E-state index is -0.722. The second-order valence-electron chi connectivity index (χ2n) is 8.03. The smallest absolute Gasteiger partial charge is 0.257 e. The fourth-order valence-corrected chi connectivity index (χ4v) is 5.72. The summed E-state index contributed by atoms with van der Waals surface area (Å²) in [5, 5.41) is 12.8. The number of nitrogens with zero attached hydrogens (tertiary/aromatic N) is 1. The van der Waals surface area contributed by atoms with Crippen LogP contribution in [0.3, 0.4) is 0 Å². The van der Waals surface area contributed by atoms with Crippen molar-refractivity contribution in [2.75, 3.05) is 13.7 Å². The molecule has 2 atom stereocenters. The Bertz CT molecular complexity index is 1270. The van der Waals surface area contributed by atoms with Crippen molar-refractivity contribution in [3.8, 4) is 11.4 Å². The average Bonchev–Trinajstić information content (AvgIpc) is 2.94. The number of hydrogen-bond acceptors (Lipinski definition) is 5. The van der Waals surface area contributed by atoms with E-state index >= 15 is 0 Å². The third-order valence-corrected chi connectivity index (χ3v) is 7.10. The van der Waals surface area contributed by atoms with Crippen LogP contribution in [0.2, 0.25) is 5.02 Å². The number of nitrogens with one attached hydrogen (secondary N) is 1. The number of rotatable bonds is 5. The van der Waals surface area contributed by atoms with Gasteiger partial charge in [-0.1, -0.05) is 29.8 Å². The third-order valence-electron chi connectivity index (χ3n) is 5.58. The van der Waals surface area contributed by atoms with Gasteiger partial charge in [-0.3, -0.25) is 9.59 Å². The molecule has 1 aromatic heterocycles. The molecule has 0 spiro atoms. The molecule has 172 valence electrons. The number of aliphatic hydroxyl groups excluding tert-OH is 1. The highest BCUT2D eigenvalue weighted by Gasteiger charge is 2.30. The molecular formula is C25H25ClN2O4S. The Hall–Kier alpha value is -2.74. The van der Waals surface area contributed by atoms with Crippen molar-refractivity contribution in [3.05, 3.63) is 86.3 Å². The zero-order chi connectivity index (χ0) is 23.7. The van der Waals surface area contributed by atoms with Crippen molar-refractivity contribution in [2.24, 2.45) is 0 Å².